The van der Waals surface area contributed by atoms with E-state index in [2.05, 4.69) is 48.4 Å². The topological polar surface area (TPSA) is 111 Å². The van der Waals surface area contributed by atoms with Crippen molar-refractivity contribution in [2.75, 3.05) is 24.6 Å². The molecule has 11 heteroatoms. The summed E-state index contributed by atoms with van der Waals surface area (Å²) in [5.41, 5.74) is 11.1. The molecule has 0 fully saturated rings. The number of hydrogen-bond donors (Lipinski definition) is 2. The summed E-state index contributed by atoms with van der Waals surface area (Å²) in [6.07, 6.45) is 2.75. The monoisotopic (exact) mass is 427 g/mol. The van der Waals surface area contributed by atoms with Crippen LogP contribution in [0.4, 0.5) is 17.6 Å². The Labute approximate surface area is 175 Å². The number of nitrogens with one attached hydrogen (secondary N) is 1. The normalized spacial score (nSPS) is 14.3. The summed E-state index contributed by atoms with van der Waals surface area (Å²) < 4.78 is 2.34. The first-order valence-corrected chi connectivity index (χ1v) is 10.3. The van der Waals surface area contributed by atoms with E-state index in [1.165, 1.54) is 21.6 Å². The summed E-state index contributed by atoms with van der Waals surface area (Å²) in [6.45, 7) is 3.87. The second-order valence-electron chi connectivity index (χ2n) is 7.06. The second-order valence-corrected chi connectivity index (χ2v) is 8.28. The molecular formula is C18H18ClN9S. The van der Waals surface area contributed by atoms with Crippen molar-refractivity contribution < 1.29 is 0 Å². The highest BCUT2D eigenvalue weighted by atomic mass is 35.5. The molecular weight excluding hydrogens is 410 g/mol. The van der Waals surface area contributed by atoms with Gasteiger partial charge in [0.05, 0.1) is 22.1 Å². The third-order valence-electron chi connectivity index (χ3n) is 4.87. The van der Waals surface area contributed by atoms with Gasteiger partial charge in [-0.15, -0.1) is 16.4 Å². The molecule has 0 aliphatic carbocycles. The molecule has 0 saturated heterocycles. The molecule has 0 saturated carbocycles. The van der Waals surface area contributed by atoms with Gasteiger partial charge in [-0.3, -0.25) is 4.98 Å². The van der Waals surface area contributed by atoms with Crippen molar-refractivity contribution in [1.29, 1.82) is 0 Å². The lowest BCUT2D eigenvalue weighted by atomic mass is 10.1. The van der Waals surface area contributed by atoms with Gasteiger partial charge in [-0.1, -0.05) is 0 Å². The number of nitrogens with two attached hydrogens (primary N) is 1. The van der Waals surface area contributed by atoms with Crippen molar-refractivity contribution in [2.24, 2.45) is 0 Å². The van der Waals surface area contributed by atoms with E-state index in [0.29, 0.717) is 11.8 Å². The van der Waals surface area contributed by atoms with Crippen LogP contribution in [-0.4, -0.2) is 48.2 Å². The summed E-state index contributed by atoms with van der Waals surface area (Å²) in [5.74, 6) is 1.09. The van der Waals surface area contributed by atoms with Crippen LogP contribution in [0.25, 0.3) is 16.0 Å². The molecule has 4 aromatic heterocycles. The van der Waals surface area contributed by atoms with Gasteiger partial charge in [0, 0.05) is 25.2 Å². The zero-order valence-corrected chi connectivity index (χ0v) is 17.4. The van der Waals surface area contributed by atoms with E-state index in [0.717, 1.165) is 46.7 Å². The van der Waals surface area contributed by atoms with Crippen LogP contribution < -0.4 is 11.1 Å². The van der Waals surface area contributed by atoms with Gasteiger partial charge in [0.25, 0.3) is 0 Å². The van der Waals surface area contributed by atoms with E-state index >= 15 is 0 Å². The van der Waals surface area contributed by atoms with Gasteiger partial charge >= 0.3 is 0 Å². The Balaban J connectivity index is 1.50. The minimum Gasteiger partial charge on any atom is -0.368 e. The Morgan fingerprint density at radius 3 is 3.00 bits per heavy atom. The summed E-state index contributed by atoms with van der Waals surface area (Å²) >= 11 is 7.64. The first kappa shape index (κ1) is 18.2. The van der Waals surface area contributed by atoms with Crippen LogP contribution in [0.15, 0.2) is 17.6 Å². The Kier molecular flexibility index (Phi) is 4.34. The molecule has 148 valence electrons. The van der Waals surface area contributed by atoms with Gasteiger partial charge in [0.15, 0.2) is 5.82 Å². The van der Waals surface area contributed by atoms with Crippen molar-refractivity contribution >= 4 is 50.7 Å². The van der Waals surface area contributed by atoms with Gasteiger partial charge in [0.1, 0.15) is 0 Å². The fourth-order valence-electron chi connectivity index (χ4n) is 3.43. The zero-order chi connectivity index (χ0) is 20.1. The van der Waals surface area contributed by atoms with Crippen LogP contribution in [0.2, 0.25) is 5.28 Å². The van der Waals surface area contributed by atoms with Crippen LogP contribution in [0.3, 0.4) is 0 Å². The highest BCUT2D eigenvalue weighted by molar-refractivity contribution is 7.17. The molecule has 1 aliphatic heterocycles. The van der Waals surface area contributed by atoms with Crippen LogP contribution in [0, 0.1) is 6.92 Å². The maximum atomic E-state index is 6.13. The van der Waals surface area contributed by atoms with E-state index in [9.17, 15) is 0 Å². The highest BCUT2D eigenvalue weighted by Gasteiger charge is 2.18. The average molecular weight is 428 g/mol. The number of rotatable bonds is 3. The quantitative estimate of drug-likeness (QED) is 0.480. The summed E-state index contributed by atoms with van der Waals surface area (Å²) in [4.78, 5) is 19.8. The minimum absolute atomic E-state index is 0.140. The molecule has 0 unspecified atom stereocenters. The largest absolute Gasteiger partial charge is 0.368 e. The summed E-state index contributed by atoms with van der Waals surface area (Å²) in [7, 11) is 2.10. The lowest BCUT2D eigenvalue weighted by Crippen LogP contribution is -2.27. The molecule has 0 bridgehead atoms. The van der Waals surface area contributed by atoms with Gasteiger partial charge in [0.2, 0.25) is 17.2 Å². The molecule has 0 aromatic carbocycles. The number of nitrogens with zero attached hydrogens (tertiary/aromatic N) is 7. The molecule has 0 spiro atoms. The molecule has 5 heterocycles. The predicted octanol–water partition coefficient (Wildman–Crippen LogP) is 2.94. The van der Waals surface area contributed by atoms with Crippen molar-refractivity contribution in [3.05, 3.63) is 39.7 Å². The lowest BCUT2D eigenvalue weighted by molar-refractivity contribution is 0.310. The van der Waals surface area contributed by atoms with Crippen molar-refractivity contribution in [1.82, 2.24) is 34.6 Å². The molecule has 0 radical (unpaired) electrons. The first-order chi connectivity index (χ1) is 14.0. The smallest absolute Gasteiger partial charge is 0.248 e. The summed E-state index contributed by atoms with van der Waals surface area (Å²) in [5, 5.41) is 9.82. The second kappa shape index (κ2) is 6.90. The number of thiophene rings is 1. The van der Waals surface area contributed by atoms with E-state index < -0.39 is 0 Å². The van der Waals surface area contributed by atoms with Crippen LogP contribution in [-0.2, 0) is 13.0 Å². The van der Waals surface area contributed by atoms with Crippen molar-refractivity contribution in [3.63, 3.8) is 0 Å². The Morgan fingerprint density at radius 1 is 1.28 bits per heavy atom. The highest BCUT2D eigenvalue weighted by Crippen LogP contribution is 2.30. The van der Waals surface area contributed by atoms with Gasteiger partial charge in [-0.2, -0.15) is 14.6 Å². The molecule has 29 heavy (non-hydrogen) atoms. The zero-order valence-electron chi connectivity index (χ0n) is 15.8. The molecule has 9 nitrogen and oxygen atoms in total. The molecule has 3 N–H and O–H groups in total. The molecule has 0 amide bonds. The maximum absolute atomic E-state index is 6.13. The van der Waals surface area contributed by atoms with Crippen LogP contribution in [0.1, 0.15) is 16.8 Å². The Bertz CT molecular complexity index is 1230. The van der Waals surface area contributed by atoms with Crippen LogP contribution >= 0.6 is 22.9 Å². The SMILES string of the molecule is Cc1csc2c(-n3nc(Nc4cnc5c(c4)CN(C)CC5)nc3N)nc(Cl)nc12. The number of likely N-dealkylation sites (N-methyl/N-ethyl adjacent to an activating group) is 1. The van der Waals surface area contributed by atoms with Gasteiger partial charge < -0.3 is 16.0 Å². The number of aromatic nitrogens is 6. The summed E-state index contributed by atoms with van der Waals surface area (Å²) in [6, 6.07) is 2.08. The van der Waals surface area contributed by atoms with E-state index in [1.807, 2.05) is 12.3 Å². The number of nitrogen functional groups attached to an aromatic ring is 1. The minimum atomic E-state index is 0.140. The van der Waals surface area contributed by atoms with E-state index in [-0.39, 0.29) is 11.2 Å². The van der Waals surface area contributed by atoms with Crippen LogP contribution in [0.5, 0.6) is 0 Å². The first-order valence-electron chi connectivity index (χ1n) is 9.05. The van der Waals surface area contributed by atoms with Crippen molar-refractivity contribution in [2.45, 2.75) is 19.9 Å². The predicted molar refractivity (Wildman–Crippen MR) is 114 cm³/mol. The molecule has 5 rings (SSSR count). The number of anilines is 3. The fourth-order valence-corrected chi connectivity index (χ4v) is 4.56. The average Bonchev–Trinajstić information content (AvgIpc) is 3.23. The Hall–Kier alpha value is -2.82. The number of aryl methyl sites for hydroxylation is 1. The molecule has 0 atom stereocenters. The van der Waals surface area contributed by atoms with Crippen molar-refractivity contribution in [3.8, 4) is 5.82 Å². The van der Waals surface area contributed by atoms with Gasteiger partial charge in [-0.05, 0) is 48.1 Å². The number of fused-ring (bicyclic) bond motifs is 2. The number of pyridine rings is 1. The van der Waals surface area contributed by atoms with E-state index in [4.69, 9.17) is 17.3 Å². The molecule has 1 aliphatic rings. The Morgan fingerprint density at radius 2 is 2.14 bits per heavy atom. The third kappa shape index (κ3) is 3.28. The molecule has 4 aromatic rings. The fraction of sp³-hybridized carbons (Fsp3) is 0.278. The number of hydrogen-bond acceptors (Lipinski definition) is 9. The number of halogens is 1. The van der Waals surface area contributed by atoms with Gasteiger partial charge in [-0.25, -0.2) is 4.98 Å². The standard InChI is InChI=1S/C18H18ClN9S/c1-9-8-29-14-13(9)23-16(19)24-15(14)28-17(20)25-18(26-28)22-11-5-10-7-27(2)4-3-12(10)21-6-11/h5-6,8H,3-4,7H2,1-2H3,(H3,20,22,25,26). The third-order valence-corrected chi connectivity index (χ3v) is 6.12. The maximum Gasteiger partial charge on any atom is 0.248 e. The van der Waals surface area contributed by atoms with E-state index in [1.54, 1.807) is 6.20 Å². The lowest BCUT2D eigenvalue weighted by Gasteiger charge is -2.24.